The van der Waals surface area contributed by atoms with Crippen LogP contribution in [0.1, 0.15) is 7.43 Å². The number of aliphatic carboxylic acids is 1. The first-order valence-electron chi connectivity index (χ1n) is 3.47. The van der Waals surface area contributed by atoms with Gasteiger partial charge in [-0.25, -0.2) is 4.79 Å². The van der Waals surface area contributed by atoms with E-state index in [9.17, 15) is 4.79 Å². The summed E-state index contributed by atoms with van der Waals surface area (Å²) in [6, 6.07) is 0. The zero-order valence-electron chi connectivity index (χ0n) is 6.61. The third-order valence-electron chi connectivity index (χ3n) is 1.51. The van der Waals surface area contributed by atoms with Crippen molar-refractivity contribution in [3.05, 3.63) is 0 Å². The predicted octanol–water partition coefficient (Wildman–Crippen LogP) is -2.86. The summed E-state index contributed by atoms with van der Waals surface area (Å²) in [6.07, 6.45) is -7.84. The Hall–Kier alpha value is -0.730. The molecule has 7 nitrogen and oxygen atoms in total. The summed E-state index contributed by atoms with van der Waals surface area (Å²) in [5.41, 5.74) is 0. The van der Waals surface area contributed by atoms with Crippen molar-refractivity contribution in [1.29, 1.82) is 0 Å². The Labute approximate surface area is 80.9 Å². The molecule has 7 heteroatoms. The van der Waals surface area contributed by atoms with E-state index in [2.05, 4.69) is 0 Å². The second-order valence-corrected chi connectivity index (χ2v) is 2.51. The molecule has 14 heavy (non-hydrogen) atoms. The van der Waals surface area contributed by atoms with Gasteiger partial charge in [0.05, 0.1) is 6.61 Å². The Morgan fingerprint density at radius 3 is 1.79 bits per heavy atom. The highest BCUT2D eigenvalue weighted by Crippen LogP contribution is 2.04. The van der Waals surface area contributed by atoms with Gasteiger partial charge in [-0.15, -0.1) is 0 Å². The van der Waals surface area contributed by atoms with Crippen LogP contribution in [0.25, 0.3) is 0 Å². The van der Waals surface area contributed by atoms with Crippen LogP contribution in [-0.4, -0.2) is 67.6 Å². The van der Waals surface area contributed by atoms with Crippen LogP contribution in [0.2, 0.25) is 0 Å². The Morgan fingerprint density at radius 2 is 1.50 bits per heavy atom. The van der Waals surface area contributed by atoms with Gasteiger partial charge in [0.2, 0.25) is 0 Å². The van der Waals surface area contributed by atoms with Crippen LogP contribution in [0.3, 0.4) is 0 Å². The van der Waals surface area contributed by atoms with Gasteiger partial charge in [-0.2, -0.15) is 0 Å². The van der Waals surface area contributed by atoms with E-state index in [1.807, 2.05) is 0 Å². The summed E-state index contributed by atoms with van der Waals surface area (Å²) >= 11 is 0. The maximum absolute atomic E-state index is 10.1. The third-order valence-corrected chi connectivity index (χ3v) is 1.51. The summed E-state index contributed by atoms with van der Waals surface area (Å²) in [5.74, 6) is -1.73. The minimum absolute atomic E-state index is 0. The predicted molar refractivity (Wildman–Crippen MR) is 45.5 cm³/mol. The van der Waals surface area contributed by atoms with E-state index in [4.69, 9.17) is 30.6 Å². The van der Waals surface area contributed by atoms with Gasteiger partial charge in [-0.3, -0.25) is 0 Å². The topological polar surface area (TPSA) is 138 Å². The molecule has 0 aliphatic rings. The second kappa shape index (κ2) is 6.68. The molecule has 0 aliphatic carbocycles. The molecule has 6 N–H and O–H groups in total. The monoisotopic (exact) mass is 212 g/mol. The Morgan fingerprint density at radius 1 is 1.07 bits per heavy atom. The summed E-state index contributed by atoms with van der Waals surface area (Å²) < 4.78 is 0. The van der Waals surface area contributed by atoms with E-state index in [-0.39, 0.29) is 7.43 Å². The number of hydrogen-bond donors (Lipinski definition) is 6. The molecule has 86 valence electrons. The molecule has 0 spiro atoms. The SMILES string of the molecule is C.O=C(O)[C@H](O)[C@@H](O)[C@H](O)[C@H](O)CO. The molecule has 0 fully saturated rings. The van der Waals surface area contributed by atoms with Crippen LogP contribution in [0.5, 0.6) is 0 Å². The highest BCUT2D eigenvalue weighted by atomic mass is 16.4. The number of carbonyl (C=O) groups is 1. The molecule has 0 rings (SSSR count). The van der Waals surface area contributed by atoms with Crippen molar-refractivity contribution < 1.29 is 35.4 Å². The lowest BCUT2D eigenvalue weighted by Crippen LogP contribution is -2.48. The molecular weight excluding hydrogens is 196 g/mol. The van der Waals surface area contributed by atoms with Crippen LogP contribution < -0.4 is 0 Å². The summed E-state index contributed by atoms with van der Waals surface area (Å²) in [6.45, 7) is -0.843. The van der Waals surface area contributed by atoms with Crippen molar-refractivity contribution in [2.45, 2.75) is 31.8 Å². The van der Waals surface area contributed by atoms with E-state index in [1.54, 1.807) is 0 Å². The fourth-order valence-corrected chi connectivity index (χ4v) is 0.668. The Kier molecular flexibility index (Phi) is 7.51. The van der Waals surface area contributed by atoms with Crippen LogP contribution in [0, 0.1) is 0 Å². The number of aliphatic hydroxyl groups is 5. The standard InChI is InChI=1S/C6H12O7.CH4/c7-1-2(8)3(9)4(10)5(11)6(12)13;/h2-5,7-11H,1H2,(H,12,13);1H4/t2-,3-,4+,5-;/m1./s1. The van der Waals surface area contributed by atoms with Gasteiger partial charge in [0.25, 0.3) is 0 Å². The van der Waals surface area contributed by atoms with Crippen molar-refractivity contribution in [2.75, 3.05) is 6.61 Å². The first-order chi connectivity index (χ1) is 5.91. The van der Waals surface area contributed by atoms with Gasteiger partial charge in [0, 0.05) is 0 Å². The lowest BCUT2D eigenvalue weighted by molar-refractivity contribution is -0.164. The van der Waals surface area contributed by atoms with Gasteiger partial charge in [-0.05, 0) is 0 Å². The number of aliphatic hydroxyl groups excluding tert-OH is 5. The molecule has 0 saturated carbocycles. The minimum Gasteiger partial charge on any atom is -0.479 e. The molecule has 0 amide bonds. The normalized spacial score (nSPS) is 18.9. The molecule has 0 aromatic carbocycles. The highest BCUT2D eigenvalue weighted by molar-refractivity contribution is 5.72. The van der Waals surface area contributed by atoms with E-state index in [0.717, 1.165) is 0 Å². The third kappa shape index (κ3) is 3.99. The average Bonchev–Trinajstić information content (AvgIpc) is 2.12. The molecule has 0 unspecified atom stereocenters. The fourth-order valence-electron chi connectivity index (χ4n) is 0.668. The highest BCUT2D eigenvalue weighted by Gasteiger charge is 2.33. The molecule has 4 atom stereocenters. The minimum atomic E-state index is -2.20. The molecule has 0 radical (unpaired) electrons. The fraction of sp³-hybridized carbons (Fsp3) is 0.857. The molecule has 0 aromatic heterocycles. The number of hydrogen-bond acceptors (Lipinski definition) is 6. The Bertz CT molecular complexity index is 171. The maximum atomic E-state index is 10.1. The van der Waals surface area contributed by atoms with E-state index < -0.39 is 37.0 Å². The molecule has 0 bridgehead atoms. The van der Waals surface area contributed by atoms with Gasteiger partial charge in [0.15, 0.2) is 6.10 Å². The first-order valence-corrected chi connectivity index (χ1v) is 3.47. The zero-order valence-corrected chi connectivity index (χ0v) is 6.61. The number of rotatable bonds is 5. The zero-order chi connectivity index (χ0) is 10.6. The average molecular weight is 212 g/mol. The largest absolute Gasteiger partial charge is 0.479 e. The van der Waals surface area contributed by atoms with Gasteiger partial charge < -0.3 is 30.6 Å². The lowest BCUT2D eigenvalue weighted by Gasteiger charge is -2.23. The van der Waals surface area contributed by atoms with Crippen molar-refractivity contribution in [2.24, 2.45) is 0 Å². The molecule has 0 aromatic rings. The van der Waals surface area contributed by atoms with Crippen molar-refractivity contribution >= 4 is 5.97 Å². The molecule has 0 aliphatic heterocycles. The van der Waals surface area contributed by atoms with Gasteiger partial charge >= 0.3 is 5.97 Å². The number of carboxylic acids is 1. The molecular formula is C7H16O7. The van der Waals surface area contributed by atoms with Gasteiger partial charge in [0.1, 0.15) is 18.3 Å². The first kappa shape index (κ1) is 15.7. The van der Waals surface area contributed by atoms with Crippen LogP contribution in [-0.2, 0) is 4.79 Å². The Balaban J connectivity index is 0. The van der Waals surface area contributed by atoms with E-state index in [1.165, 1.54) is 0 Å². The number of carboxylic acid groups (broad SMARTS) is 1. The summed E-state index contributed by atoms with van der Waals surface area (Å²) in [7, 11) is 0. The van der Waals surface area contributed by atoms with Crippen molar-refractivity contribution in [3.8, 4) is 0 Å². The second-order valence-electron chi connectivity index (χ2n) is 2.51. The van der Waals surface area contributed by atoms with Crippen LogP contribution in [0.15, 0.2) is 0 Å². The smallest absolute Gasteiger partial charge is 0.335 e. The summed E-state index contributed by atoms with van der Waals surface area (Å²) in [4.78, 5) is 10.1. The van der Waals surface area contributed by atoms with E-state index in [0.29, 0.717) is 0 Å². The quantitative estimate of drug-likeness (QED) is 0.288. The molecule has 0 heterocycles. The lowest BCUT2D eigenvalue weighted by atomic mass is 10.0. The van der Waals surface area contributed by atoms with Gasteiger partial charge in [-0.1, -0.05) is 7.43 Å². The molecule has 0 saturated heterocycles. The van der Waals surface area contributed by atoms with E-state index >= 15 is 0 Å². The van der Waals surface area contributed by atoms with Crippen LogP contribution in [0.4, 0.5) is 0 Å². The summed E-state index contributed by atoms with van der Waals surface area (Å²) in [5, 5.41) is 51.8. The maximum Gasteiger partial charge on any atom is 0.335 e. The van der Waals surface area contributed by atoms with Crippen molar-refractivity contribution in [1.82, 2.24) is 0 Å². The van der Waals surface area contributed by atoms with Crippen LogP contribution >= 0.6 is 0 Å². The van der Waals surface area contributed by atoms with Crippen molar-refractivity contribution in [3.63, 3.8) is 0 Å².